The summed E-state index contributed by atoms with van der Waals surface area (Å²) in [7, 11) is -3.54. The highest BCUT2D eigenvalue weighted by Gasteiger charge is 2.64. The van der Waals surface area contributed by atoms with Crippen molar-refractivity contribution in [1.82, 2.24) is 24.7 Å². The van der Waals surface area contributed by atoms with E-state index in [1.54, 1.807) is 23.1 Å². The van der Waals surface area contributed by atoms with Gasteiger partial charge >= 0.3 is 6.18 Å². The molecule has 6 rings (SSSR count). The molecule has 0 unspecified atom stereocenters. The van der Waals surface area contributed by atoms with E-state index >= 15 is 0 Å². The molecule has 3 aliphatic rings. The zero-order valence-electron chi connectivity index (χ0n) is 33.1. The van der Waals surface area contributed by atoms with Crippen LogP contribution in [0.1, 0.15) is 55.6 Å². The number of anilines is 2. The number of nitriles is 1. The Bertz CT molecular complexity index is 2050. The normalized spacial score (nSPS) is 21.2. The third-order valence-corrected chi connectivity index (χ3v) is 13.7. The maximum atomic E-state index is 13.4. The minimum absolute atomic E-state index is 0.0709. The number of nitrogens with one attached hydrogen (secondary N) is 1. The molecule has 13 nitrogen and oxygen atoms in total. The van der Waals surface area contributed by atoms with Crippen molar-refractivity contribution in [2.24, 2.45) is 10.8 Å². The lowest BCUT2D eigenvalue weighted by Gasteiger charge is -2.63. The number of halogens is 4. The topological polar surface area (TPSA) is 144 Å². The molecule has 3 aromatic rings. The van der Waals surface area contributed by atoms with Gasteiger partial charge in [0.2, 0.25) is 10.0 Å². The summed E-state index contributed by atoms with van der Waals surface area (Å²) < 4.78 is 78.5. The van der Waals surface area contributed by atoms with E-state index in [4.69, 9.17) is 21.1 Å². The molecule has 0 atom stereocenters. The van der Waals surface area contributed by atoms with Gasteiger partial charge in [-0.1, -0.05) is 39.3 Å². The minimum Gasteiger partial charge on any atom is -0.489 e. The second-order valence-electron chi connectivity index (χ2n) is 16.1. The van der Waals surface area contributed by atoms with Crippen LogP contribution < -0.4 is 19.9 Å². The first kappa shape index (κ1) is 43.4. The van der Waals surface area contributed by atoms with Gasteiger partial charge in [0, 0.05) is 99.7 Å². The van der Waals surface area contributed by atoms with Crippen LogP contribution in [0, 0.1) is 22.2 Å². The van der Waals surface area contributed by atoms with E-state index in [-0.39, 0.29) is 66.6 Å². The van der Waals surface area contributed by atoms with Crippen LogP contribution in [-0.2, 0) is 20.9 Å². The molecule has 58 heavy (non-hydrogen) atoms. The fourth-order valence-electron chi connectivity index (χ4n) is 8.49. The maximum Gasteiger partial charge on any atom is 0.418 e. The number of piperazine rings is 2. The van der Waals surface area contributed by atoms with Crippen LogP contribution in [0.3, 0.4) is 0 Å². The molecule has 2 aliphatic heterocycles. The molecular weight excluding hydrogens is 797 g/mol. The number of aromatic nitrogens is 2. The van der Waals surface area contributed by atoms with Crippen LogP contribution in [0.2, 0.25) is 5.02 Å². The van der Waals surface area contributed by atoms with Crippen molar-refractivity contribution in [3.8, 4) is 11.8 Å². The van der Waals surface area contributed by atoms with Gasteiger partial charge in [0.05, 0.1) is 34.7 Å². The van der Waals surface area contributed by atoms with Crippen molar-refractivity contribution in [3.05, 3.63) is 76.4 Å². The van der Waals surface area contributed by atoms with Crippen LogP contribution in [-0.4, -0.2) is 124 Å². The Kier molecular flexibility index (Phi) is 13.1. The molecule has 1 N–H and O–H groups in total. The number of rotatable bonds is 14. The van der Waals surface area contributed by atoms with E-state index in [9.17, 15) is 31.6 Å². The Morgan fingerprint density at radius 2 is 1.60 bits per heavy atom. The first-order chi connectivity index (χ1) is 27.4. The molecule has 0 bridgehead atoms. The van der Waals surface area contributed by atoms with Crippen LogP contribution in [0.25, 0.3) is 0 Å². The molecule has 1 aromatic heterocycles. The maximum absolute atomic E-state index is 13.4. The lowest BCUT2D eigenvalue weighted by Crippen LogP contribution is -2.74. The molecule has 0 radical (unpaired) electrons. The fraction of sp³-hybridized carbons (Fsp3) is 0.550. The number of sulfonamides is 1. The van der Waals surface area contributed by atoms with Crippen LogP contribution in [0.15, 0.2) is 54.7 Å². The number of hydrogen-bond donors (Lipinski definition) is 1. The van der Waals surface area contributed by atoms with Crippen molar-refractivity contribution < 1.29 is 35.9 Å². The molecule has 2 aromatic carbocycles. The summed E-state index contributed by atoms with van der Waals surface area (Å²) in [5.41, 5.74) is 0.368. The Balaban J connectivity index is 0.868. The van der Waals surface area contributed by atoms with E-state index in [1.807, 2.05) is 24.3 Å². The van der Waals surface area contributed by atoms with Gasteiger partial charge in [-0.05, 0) is 48.9 Å². The third-order valence-electron chi connectivity index (χ3n) is 11.5. The van der Waals surface area contributed by atoms with Gasteiger partial charge in [0.15, 0.2) is 5.82 Å². The number of carbonyl (C=O) groups is 1. The van der Waals surface area contributed by atoms with Crippen LogP contribution >= 0.6 is 11.6 Å². The van der Waals surface area contributed by atoms with Crippen LogP contribution in [0.5, 0.6) is 5.75 Å². The second kappa shape index (κ2) is 17.6. The lowest BCUT2D eigenvalue weighted by molar-refractivity contribution is -0.164. The summed E-state index contributed by atoms with van der Waals surface area (Å²) in [5.74, 6) is 0.438. The lowest BCUT2D eigenvalue weighted by atomic mass is 9.49. The van der Waals surface area contributed by atoms with E-state index < -0.39 is 21.8 Å². The largest absolute Gasteiger partial charge is 0.489 e. The molecule has 2 saturated heterocycles. The molecule has 1 aliphatic carbocycles. The first-order valence-electron chi connectivity index (χ1n) is 19.3. The molecule has 18 heteroatoms. The zero-order valence-corrected chi connectivity index (χ0v) is 34.7. The number of hydrogen-bond acceptors (Lipinski definition) is 11. The van der Waals surface area contributed by atoms with E-state index in [1.165, 1.54) is 4.31 Å². The summed E-state index contributed by atoms with van der Waals surface area (Å²) >= 11 is 6.23. The van der Waals surface area contributed by atoms with Gasteiger partial charge in [-0.2, -0.15) is 27.8 Å². The van der Waals surface area contributed by atoms with Gasteiger partial charge in [-0.3, -0.25) is 9.69 Å². The van der Waals surface area contributed by atoms with Crippen molar-refractivity contribution in [2.75, 3.05) is 87.7 Å². The number of nitrogens with zero attached hydrogens (tertiary/aromatic N) is 7. The van der Waals surface area contributed by atoms with Crippen molar-refractivity contribution in [3.63, 3.8) is 0 Å². The summed E-state index contributed by atoms with van der Waals surface area (Å²) in [4.78, 5) is 19.6. The van der Waals surface area contributed by atoms with Crippen molar-refractivity contribution in [1.29, 1.82) is 5.26 Å². The minimum atomic E-state index is -4.53. The molecule has 3 fully saturated rings. The highest BCUT2D eigenvalue weighted by Crippen LogP contribution is 2.55. The molecule has 0 spiro atoms. The summed E-state index contributed by atoms with van der Waals surface area (Å²) in [6.45, 7) is 13.8. The fourth-order valence-corrected chi connectivity index (χ4v) is 10.2. The van der Waals surface area contributed by atoms with Gasteiger partial charge in [0.1, 0.15) is 17.9 Å². The van der Waals surface area contributed by atoms with Gasteiger partial charge in [-0.15, -0.1) is 5.10 Å². The predicted octanol–water partition coefficient (Wildman–Crippen LogP) is 5.31. The number of amides is 1. The zero-order chi connectivity index (χ0) is 41.9. The van der Waals surface area contributed by atoms with Crippen molar-refractivity contribution in [2.45, 2.75) is 52.4 Å². The Labute approximate surface area is 343 Å². The average Bonchev–Trinajstić information content (AvgIpc) is 3.20. The first-order valence-corrected chi connectivity index (χ1v) is 21.3. The number of carbonyl (C=O) groups excluding carboxylic acids is 1. The van der Waals surface area contributed by atoms with Gasteiger partial charge in [-0.25, -0.2) is 8.42 Å². The second-order valence-corrected chi connectivity index (χ2v) is 18.6. The molecule has 1 saturated carbocycles. The third kappa shape index (κ3) is 9.79. The monoisotopic (exact) mass is 846 g/mol. The average molecular weight is 847 g/mol. The standard InChI is InChI=1S/C40H50ClF3N8O5S/c1-38(2)36(39(3,4)37(38)57-32-11-8-29(26-45)33(41)25-32)47-35(53)28-6-9-31(10-7-28)50-14-12-49(13-15-50)20-22-56-21-5-23-58(54,55)52-18-16-51(17-19-52)34-24-30(27-46-48-34)40(42,43)44/h6-11,24-25,27,36-37H,5,12-23H2,1-4H3,(H,47,53). The molecule has 1 amide bonds. The SMILES string of the molecule is CC1(C)C(NC(=O)c2ccc(N3CCN(CCOCCCS(=O)(=O)N4CCN(c5cc(C(F)(F)F)cnn5)CC4)CC3)cc2)C(C)(C)C1Oc1ccc(C#N)c(Cl)c1. The van der Waals surface area contributed by atoms with Gasteiger partial charge < -0.3 is 24.6 Å². The molecule has 3 heterocycles. The summed E-state index contributed by atoms with van der Waals surface area (Å²) in [5, 5.41) is 20.0. The molecular formula is C40H50ClF3N8O5S. The highest BCUT2D eigenvalue weighted by atomic mass is 35.5. The smallest absolute Gasteiger partial charge is 0.418 e. The Hall–Kier alpha value is -4.21. The number of benzene rings is 2. The summed E-state index contributed by atoms with van der Waals surface area (Å²) in [6.07, 6.45) is -3.73. The quantitative estimate of drug-likeness (QED) is 0.211. The van der Waals surface area contributed by atoms with E-state index in [0.717, 1.165) is 44.5 Å². The number of alkyl halides is 3. The van der Waals surface area contributed by atoms with Crippen molar-refractivity contribution >= 4 is 39.0 Å². The highest BCUT2D eigenvalue weighted by molar-refractivity contribution is 7.89. The van der Waals surface area contributed by atoms with Gasteiger partial charge in [0.25, 0.3) is 5.91 Å². The molecule has 314 valence electrons. The predicted molar refractivity (Wildman–Crippen MR) is 215 cm³/mol. The van der Waals surface area contributed by atoms with E-state index in [2.05, 4.69) is 59.1 Å². The summed E-state index contributed by atoms with van der Waals surface area (Å²) in [6, 6.07) is 15.5. The Morgan fingerprint density at radius 3 is 2.22 bits per heavy atom. The van der Waals surface area contributed by atoms with E-state index in [0.29, 0.717) is 47.7 Å². The Morgan fingerprint density at radius 1 is 0.948 bits per heavy atom. The number of ether oxygens (including phenoxy) is 2. The van der Waals surface area contributed by atoms with Crippen LogP contribution in [0.4, 0.5) is 24.7 Å².